The molecule has 12 heavy (non-hydrogen) atoms. The lowest BCUT2D eigenvalue weighted by molar-refractivity contribution is -0.119. The quantitative estimate of drug-likeness (QED) is 0.673. The van der Waals surface area contributed by atoms with Gasteiger partial charge in [-0.3, -0.25) is 4.79 Å². The van der Waals surface area contributed by atoms with Crippen molar-refractivity contribution in [1.82, 2.24) is 5.32 Å². The van der Waals surface area contributed by atoms with E-state index in [0.29, 0.717) is 6.54 Å². The molecule has 0 aliphatic rings. The molecular weight excluding hydrogens is 154 g/mol. The van der Waals surface area contributed by atoms with Crippen LogP contribution in [0.15, 0.2) is 0 Å². The largest absolute Gasteiger partial charge is 0.396 e. The Morgan fingerprint density at radius 2 is 2.00 bits per heavy atom. The Bertz CT molecular complexity index is 101. The molecule has 0 aliphatic heterocycles. The second-order valence-corrected chi connectivity index (χ2v) is 2.39. The Labute approximate surface area is 75.2 Å². The molecule has 2 N–H and O–H groups in total. The number of aliphatic hydroxyl groups excluding tert-OH is 1. The molecule has 0 heterocycles. The highest BCUT2D eigenvalue weighted by Crippen LogP contribution is 1.97. The van der Waals surface area contributed by atoms with Gasteiger partial charge in [0.2, 0.25) is 5.91 Å². The maximum absolute atomic E-state index is 10.4. The summed E-state index contributed by atoms with van der Waals surface area (Å²) < 4.78 is 0. The van der Waals surface area contributed by atoms with Gasteiger partial charge in [0.05, 0.1) is 0 Å². The Kier molecular flexibility index (Phi) is 12.2. The molecule has 3 heteroatoms. The molecule has 0 aliphatic carbocycles. The van der Waals surface area contributed by atoms with Gasteiger partial charge in [-0.15, -0.1) is 0 Å². The molecule has 0 radical (unpaired) electrons. The average Bonchev–Trinajstić information content (AvgIpc) is 2.09. The Morgan fingerprint density at radius 3 is 2.25 bits per heavy atom. The molecular formula is C9H21NO2. The van der Waals surface area contributed by atoms with Crippen LogP contribution in [0.3, 0.4) is 0 Å². The maximum Gasteiger partial charge on any atom is 0.216 e. The Morgan fingerprint density at radius 1 is 1.50 bits per heavy atom. The van der Waals surface area contributed by atoms with E-state index in [0.717, 1.165) is 6.42 Å². The van der Waals surface area contributed by atoms with E-state index < -0.39 is 0 Å². The Balaban J connectivity index is 0. The van der Waals surface area contributed by atoms with E-state index in [9.17, 15) is 4.79 Å². The van der Waals surface area contributed by atoms with Crippen molar-refractivity contribution in [1.29, 1.82) is 0 Å². The van der Waals surface area contributed by atoms with E-state index in [1.165, 1.54) is 6.92 Å². The van der Waals surface area contributed by atoms with Crippen molar-refractivity contribution >= 4 is 5.91 Å². The minimum atomic E-state index is -0.0353. The van der Waals surface area contributed by atoms with Crippen LogP contribution in [0.1, 0.15) is 34.1 Å². The summed E-state index contributed by atoms with van der Waals surface area (Å²) in [6.07, 6.45) is 0.900. The summed E-state index contributed by atoms with van der Waals surface area (Å²) >= 11 is 0. The highest BCUT2D eigenvalue weighted by molar-refractivity contribution is 5.72. The van der Waals surface area contributed by atoms with Crippen molar-refractivity contribution in [3.8, 4) is 0 Å². The smallest absolute Gasteiger partial charge is 0.216 e. The van der Waals surface area contributed by atoms with Gasteiger partial charge in [-0.25, -0.2) is 0 Å². The standard InChI is InChI=1S/C7H15NO2.C2H6/c1-3-7(5-9)4-8-6(2)10;1-2/h7,9H,3-5H2,1-2H3,(H,8,10);1-2H3. The Hall–Kier alpha value is -0.570. The van der Waals surface area contributed by atoms with Crippen molar-refractivity contribution in [3.05, 3.63) is 0 Å². The summed E-state index contributed by atoms with van der Waals surface area (Å²) in [6.45, 7) is 8.20. The van der Waals surface area contributed by atoms with Gasteiger partial charge in [0.1, 0.15) is 0 Å². The average molecular weight is 175 g/mol. The molecule has 74 valence electrons. The molecule has 0 aromatic rings. The molecule has 0 spiro atoms. The normalized spacial score (nSPS) is 11.1. The van der Waals surface area contributed by atoms with Gasteiger partial charge in [0.15, 0.2) is 0 Å². The van der Waals surface area contributed by atoms with Gasteiger partial charge in [-0.05, 0) is 12.3 Å². The van der Waals surface area contributed by atoms with Crippen LogP contribution in [0, 0.1) is 5.92 Å². The van der Waals surface area contributed by atoms with Crippen molar-refractivity contribution < 1.29 is 9.90 Å². The summed E-state index contributed by atoms with van der Waals surface area (Å²) in [5.41, 5.74) is 0. The van der Waals surface area contributed by atoms with Gasteiger partial charge in [-0.1, -0.05) is 20.8 Å². The van der Waals surface area contributed by atoms with Crippen LogP contribution in [0.4, 0.5) is 0 Å². The second-order valence-electron chi connectivity index (χ2n) is 2.39. The van der Waals surface area contributed by atoms with Crippen LogP contribution >= 0.6 is 0 Å². The van der Waals surface area contributed by atoms with Crippen molar-refractivity contribution in [2.45, 2.75) is 34.1 Å². The topological polar surface area (TPSA) is 49.3 Å². The first-order valence-corrected chi connectivity index (χ1v) is 4.56. The molecule has 0 saturated heterocycles. The third kappa shape index (κ3) is 9.43. The molecule has 0 saturated carbocycles. The SMILES string of the molecule is CC.CCC(CO)CNC(C)=O. The van der Waals surface area contributed by atoms with Gasteiger partial charge in [0.25, 0.3) is 0 Å². The minimum absolute atomic E-state index is 0.0353. The van der Waals surface area contributed by atoms with Crippen LogP contribution in [-0.2, 0) is 4.79 Å². The number of nitrogens with one attached hydrogen (secondary N) is 1. The fourth-order valence-corrected chi connectivity index (χ4v) is 0.626. The fraction of sp³-hybridized carbons (Fsp3) is 0.889. The number of carbonyl (C=O) groups is 1. The van der Waals surface area contributed by atoms with Gasteiger partial charge >= 0.3 is 0 Å². The summed E-state index contributed by atoms with van der Waals surface area (Å²) in [6, 6.07) is 0. The molecule has 0 bridgehead atoms. The molecule has 0 rings (SSSR count). The molecule has 0 aromatic carbocycles. The van der Waals surface area contributed by atoms with Crippen molar-refractivity contribution in [3.63, 3.8) is 0 Å². The first-order chi connectivity index (χ1) is 5.70. The van der Waals surface area contributed by atoms with E-state index >= 15 is 0 Å². The van der Waals surface area contributed by atoms with E-state index in [2.05, 4.69) is 5.32 Å². The van der Waals surface area contributed by atoms with Crippen LogP contribution in [-0.4, -0.2) is 24.2 Å². The summed E-state index contributed by atoms with van der Waals surface area (Å²) in [7, 11) is 0. The molecule has 0 aromatic heterocycles. The van der Waals surface area contributed by atoms with E-state index in [1.807, 2.05) is 20.8 Å². The second kappa shape index (κ2) is 10.4. The zero-order valence-corrected chi connectivity index (χ0v) is 8.55. The number of amides is 1. The highest BCUT2D eigenvalue weighted by atomic mass is 16.3. The third-order valence-electron chi connectivity index (χ3n) is 1.48. The third-order valence-corrected chi connectivity index (χ3v) is 1.48. The monoisotopic (exact) mass is 175 g/mol. The number of rotatable bonds is 4. The van der Waals surface area contributed by atoms with Crippen LogP contribution in [0.5, 0.6) is 0 Å². The van der Waals surface area contributed by atoms with Crippen LogP contribution in [0.25, 0.3) is 0 Å². The van der Waals surface area contributed by atoms with Gasteiger partial charge in [0, 0.05) is 20.1 Å². The highest BCUT2D eigenvalue weighted by Gasteiger charge is 2.03. The van der Waals surface area contributed by atoms with Crippen molar-refractivity contribution in [2.24, 2.45) is 5.92 Å². The van der Waals surface area contributed by atoms with E-state index in [4.69, 9.17) is 5.11 Å². The lowest BCUT2D eigenvalue weighted by Gasteiger charge is -2.10. The molecule has 1 unspecified atom stereocenters. The van der Waals surface area contributed by atoms with E-state index in [1.54, 1.807) is 0 Å². The number of carbonyl (C=O) groups excluding carboxylic acids is 1. The summed E-state index contributed by atoms with van der Waals surface area (Å²) in [5, 5.41) is 11.3. The molecule has 1 amide bonds. The summed E-state index contributed by atoms with van der Waals surface area (Å²) in [5.74, 6) is 0.177. The summed E-state index contributed by atoms with van der Waals surface area (Å²) in [4.78, 5) is 10.4. The molecule has 3 nitrogen and oxygen atoms in total. The lowest BCUT2D eigenvalue weighted by atomic mass is 10.1. The molecule has 1 atom stereocenters. The number of hydrogen-bond donors (Lipinski definition) is 2. The number of aliphatic hydroxyl groups is 1. The zero-order valence-electron chi connectivity index (χ0n) is 8.55. The first kappa shape index (κ1) is 14.0. The zero-order chi connectivity index (χ0) is 9.98. The predicted molar refractivity (Wildman–Crippen MR) is 50.9 cm³/mol. The van der Waals surface area contributed by atoms with Crippen molar-refractivity contribution in [2.75, 3.05) is 13.2 Å². The van der Waals surface area contributed by atoms with E-state index in [-0.39, 0.29) is 18.4 Å². The van der Waals surface area contributed by atoms with Crippen LogP contribution < -0.4 is 5.32 Å². The maximum atomic E-state index is 10.4. The fourth-order valence-electron chi connectivity index (χ4n) is 0.626. The first-order valence-electron chi connectivity index (χ1n) is 4.56. The molecule has 0 fully saturated rings. The van der Waals surface area contributed by atoms with Gasteiger partial charge < -0.3 is 10.4 Å². The minimum Gasteiger partial charge on any atom is -0.396 e. The van der Waals surface area contributed by atoms with Gasteiger partial charge in [-0.2, -0.15) is 0 Å². The predicted octanol–water partition coefficient (Wildman–Crippen LogP) is 1.17. The number of hydrogen-bond acceptors (Lipinski definition) is 2. The van der Waals surface area contributed by atoms with Crippen LogP contribution in [0.2, 0.25) is 0 Å². The lowest BCUT2D eigenvalue weighted by Crippen LogP contribution is -2.28.